The van der Waals surface area contributed by atoms with Crippen LogP contribution in [0.3, 0.4) is 0 Å². The number of benzene rings is 1. The molecule has 0 aliphatic heterocycles. The molecule has 1 N–H and O–H groups in total. The molecule has 2 heterocycles. The van der Waals surface area contributed by atoms with E-state index in [1.165, 1.54) is 0 Å². The van der Waals surface area contributed by atoms with Gasteiger partial charge in [0.05, 0.1) is 5.69 Å². The molecule has 0 aliphatic carbocycles. The van der Waals surface area contributed by atoms with Crippen molar-refractivity contribution in [3.8, 4) is 0 Å². The average Bonchev–Trinajstić information content (AvgIpc) is 3.02. The maximum absolute atomic E-state index is 12.0. The first kappa shape index (κ1) is 19.8. The molecule has 0 spiro atoms. The highest BCUT2D eigenvalue weighted by atomic mass is 35.5. The van der Waals surface area contributed by atoms with Crippen LogP contribution in [0, 0.1) is 20.8 Å². The predicted octanol–water partition coefficient (Wildman–Crippen LogP) is 3.42. The largest absolute Gasteiger partial charge is 0.456 e. The number of hydrogen-bond donors (Lipinski definition) is 1. The molecule has 2 aromatic heterocycles. The lowest BCUT2D eigenvalue weighted by molar-refractivity contribution is -0.147. The summed E-state index contributed by atoms with van der Waals surface area (Å²) in [6, 6.07) is 8.60. The predicted molar refractivity (Wildman–Crippen MR) is 107 cm³/mol. The molecular formula is C20H21ClN4O3. The van der Waals surface area contributed by atoms with Crippen molar-refractivity contribution in [2.24, 2.45) is 0 Å². The van der Waals surface area contributed by atoms with Crippen molar-refractivity contribution in [3.05, 3.63) is 58.0 Å². The second kappa shape index (κ2) is 8.39. The molecule has 0 aliphatic rings. The minimum atomic E-state index is -0.443. The number of rotatable bonds is 6. The standard InChI is InChI=1S/C20H21ClN4O3/c1-12-10-18-22-13(2)17(14(3)25(18)24-12)8-9-20(27)28-11-19(26)23-16-6-4-15(21)5-7-16/h4-7,10H,8-9,11H2,1-3H3,(H,23,26). The number of amides is 1. The number of ether oxygens (including phenoxy) is 1. The Morgan fingerprint density at radius 2 is 1.89 bits per heavy atom. The van der Waals surface area contributed by atoms with E-state index in [-0.39, 0.29) is 13.0 Å². The fraction of sp³-hybridized carbons (Fsp3) is 0.300. The Bertz CT molecular complexity index is 1030. The van der Waals surface area contributed by atoms with Crippen molar-refractivity contribution in [3.63, 3.8) is 0 Å². The van der Waals surface area contributed by atoms with Gasteiger partial charge >= 0.3 is 5.97 Å². The molecule has 8 heteroatoms. The van der Waals surface area contributed by atoms with E-state index in [0.29, 0.717) is 17.1 Å². The fourth-order valence-electron chi connectivity index (χ4n) is 2.98. The van der Waals surface area contributed by atoms with E-state index in [2.05, 4.69) is 15.4 Å². The van der Waals surface area contributed by atoms with Crippen molar-refractivity contribution in [2.75, 3.05) is 11.9 Å². The molecule has 0 atom stereocenters. The number of esters is 1. The minimum Gasteiger partial charge on any atom is -0.456 e. The third-order valence-electron chi connectivity index (χ3n) is 4.36. The molecule has 1 amide bonds. The molecule has 28 heavy (non-hydrogen) atoms. The molecule has 7 nitrogen and oxygen atoms in total. The molecule has 1 aromatic carbocycles. The molecule has 0 radical (unpaired) electrons. The molecule has 0 unspecified atom stereocenters. The maximum atomic E-state index is 12.0. The zero-order valence-electron chi connectivity index (χ0n) is 16.0. The van der Waals surface area contributed by atoms with Crippen LogP contribution in [-0.4, -0.2) is 33.1 Å². The van der Waals surface area contributed by atoms with Crippen LogP contribution in [0.5, 0.6) is 0 Å². The molecule has 0 fully saturated rings. The number of carbonyl (C=O) groups excluding carboxylic acids is 2. The van der Waals surface area contributed by atoms with Crippen LogP contribution in [0.2, 0.25) is 5.02 Å². The summed E-state index contributed by atoms with van der Waals surface area (Å²) in [5, 5.41) is 7.64. The molecular weight excluding hydrogens is 380 g/mol. The number of aryl methyl sites for hydroxylation is 3. The van der Waals surface area contributed by atoms with Crippen LogP contribution in [0.1, 0.15) is 29.1 Å². The van der Waals surface area contributed by atoms with Gasteiger partial charge in [0.2, 0.25) is 0 Å². The Labute approximate surface area is 167 Å². The first-order valence-corrected chi connectivity index (χ1v) is 9.25. The number of carbonyl (C=O) groups is 2. The van der Waals surface area contributed by atoms with Gasteiger partial charge in [-0.05, 0) is 57.0 Å². The maximum Gasteiger partial charge on any atom is 0.306 e. The van der Waals surface area contributed by atoms with Gasteiger partial charge in [-0.1, -0.05) is 11.6 Å². The number of hydrogen-bond acceptors (Lipinski definition) is 5. The highest BCUT2D eigenvalue weighted by Gasteiger charge is 2.14. The van der Waals surface area contributed by atoms with Gasteiger partial charge in [0.25, 0.3) is 5.91 Å². The average molecular weight is 401 g/mol. The van der Waals surface area contributed by atoms with E-state index in [9.17, 15) is 9.59 Å². The van der Waals surface area contributed by atoms with E-state index in [0.717, 1.165) is 28.3 Å². The zero-order chi connectivity index (χ0) is 20.3. The summed E-state index contributed by atoms with van der Waals surface area (Å²) in [5.74, 6) is -0.847. The molecule has 0 bridgehead atoms. The monoisotopic (exact) mass is 400 g/mol. The Morgan fingerprint density at radius 1 is 1.18 bits per heavy atom. The smallest absolute Gasteiger partial charge is 0.306 e. The number of anilines is 1. The third-order valence-corrected chi connectivity index (χ3v) is 4.61. The topological polar surface area (TPSA) is 85.6 Å². The second-order valence-electron chi connectivity index (χ2n) is 6.53. The highest BCUT2D eigenvalue weighted by molar-refractivity contribution is 6.30. The lowest BCUT2D eigenvalue weighted by atomic mass is 10.1. The van der Waals surface area contributed by atoms with Crippen molar-refractivity contribution in [2.45, 2.75) is 33.6 Å². The number of aromatic nitrogens is 3. The first-order valence-electron chi connectivity index (χ1n) is 8.87. The van der Waals surface area contributed by atoms with E-state index in [4.69, 9.17) is 16.3 Å². The molecule has 0 saturated heterocycles. The summed E-state index contributed by atoms with van der Waals surface area (Å²) >= 11 is 5.80. The summed E-state index contributed by atoms with van der Waals surface area (Å²) < 4.78 is 6.85. The van der Waals surface area contributed by atoms with Crippen LogP contribution >= 0.6 is 11.6 Å². The third kappa shape index (κ3) is 4.67. The quantitative estimate of drug-likeness (QED) is 0.641. The molecule has 3 aromatic rings. The van der Waals surface area contributed by atoms with Gasteiger partial charge in [-0.25, -0.2) is 9.50 Å². The number of nitrogens with zero attached hydrogens (tertiary/aromatic N) is 3. The van der Waals surface area contributed by atoms with Crippen LogP contribution in [0.4, 0.5) is 5.69 Å². The lowest BCUT2D eigenvalue weighted by Crippen LogP contribution is -2.21. The Morgan fingerprint density at radius 3 is 2.61 bits per heavy atom. The zero-order valence-corrected chi connectivity index (χ0v) is 16.7. The molecule has 146 valence electrons. The van der Waals surface area contributed by atoms with Gasteiger partial charge in [-0.15, -0.1) is 0 Å². The van der Waals surface area contributed by atoms with Gasteiger partial charge < -0.3 is 10.1 Å². The van der Waals surface area contributed by atoms with Crippen LogP contribution in [-0.2, 0) is 20.7 Å². The Kier molecular flexibility index (Phi) is 5.94. The van der Waals surface area contributed by atoms with E-state index in [1.807, 2.05) is 26.8 Å². The lowest BCUT2D eigenvalue weighted by Gasteiger charge is -2.11. The number of halogens is 1. The van der Waals surface area contributed by atoms with Crippen LogP contribution < -0.4 is 5.32 Å². The summed E-state index contributed by atoms with van der Waals surface area (Å²) in [7, 11) is 0. The Hall–Kier alpha value is -2.93. The SMILES string of the molecule is Cc1cc2nc(C)c(CCC(=O)OCC(=O)Nc3ccc(Cl)cc3)c(C)n2n1. The normalized spacial score (nSPS) is 10.9. The van der Waals surface area contributed by atoms with E-state index in [1.54, 1.807) is 28.8 Å². The van der Waals surface area contributed by atoms with Crippen LogP contribution in [0.15, 0.2) is 30.3 Å². The Balaban J connectivity index is 1.53. The highest BCUT2D eigenvalue weighted by Crippen LogP contribution is 2.17. The first-order chi connectivity index (χ1) is 13.3. The van der Waals surface area contributed by atoms with Crippen molar-refractivity contribution >= 4 is 34.8 Å². The summed E-state index contributed by atoms with van der Waals surface area (Å²) in [4.78, 5) is 28.5. The van der Waals surface area contributed by atoms with Crippen molar-refractivity contribution < 1.29 is 14.3 Å². The van der Waals surface area contributed by atoms with Gasteiger partial charge in [-0.2, -0.15) is 5.10 Å². The molecule has 0 saturated carbocycles. The summed E-state index contributed by atoms with van der Waals surface area (Å²) in [6.45, 7) is 5.44. The van der Waals surface area contributed by atoms with E-state index < -0.39 is 11.9 Å². The fourth-order valence-corrected chi connectivity index (χ4v) is 3.10. The van der Waals surface area contributed by atoms with Gasteiger partial charge in [0, 0.05) is 34.6 Å². The van der Waals surface area contributed by atoms with Gasteiger partial charge in [0.1, 0.15) is 0 Å². The second-order valence-corrected chi connectivity index (χ2v) is 6.97. The van der Waals surface area contributed by atoms with Crippen LogP contribution in [0.25, 0.3) is 5.65 Å². The summed E-state index contributed by atoms with van der Waals surface area (Å²) in [5.41, 5.74) is 5.03. The van der Waals surface area contributed by atoms with Gasteiger partial charge in [-0.3, -0.25) is 9.59 Å². The minimum absolute atomic E-state index is 0.156. The number of nitrogens with one attached hydrogen (secondary N) is 1. The van der Waals surface area contributed by atoms with Gasteiger partial charge in [0.15, 0.2) is 12.3 Å². The number of fused-ring (bicyclic) bond motifs is 1. The molecule has 3 rings (SSSR count). The van der Waals surface area contributed by atoms with Crippen molar-refractivity contribution in [1.82, 2.24) is 14.6 Å². The van der Waals surface area contributed by atoms with Crippen molar-refractivity contribution in [1.29, 1.82) is 0 Å². The summed E-state index contributed by atoms with van der Waals surface area (Å²) in [6.07, 6.45) is 0.625. The van der Waals surface area contributed by atoms with E-state index >= 15 is 0 Å².